The van der Waals surface area contributed by atoms with Crippen molar-refractivity contribution in [3.8, 4) is 0 Å². The molecule has 1 aromatic carbocycles. The molecule has 0 N–H and O–H groups in total. The minimum absolute atomic E-state index is 0.261. The molecule has 0 radical (unpaired) electrons. The first-order valence-electron chi connectivity index (χ1n) is 6.77. The number of hydrogen-bond acceptors (Lipinski definition) is 4. The Morgan fingerprint density at radius 3 is 1.70 bits per heavy atom. The summed E-state index contributed by atoms with van der Waals surface area (Å²) in [5.74, 6) is -1.22. The van der Waals surface area contributed by atoms with Crippen molar-refractivity contribution in [1.29, 1.82) is 0 Å². The predicted molar refractivity (Wildman–Crippen MR) is 84.8 cm³/mol. The molecule has 0 saturated carbocycles. The first kappa shape index (κ1) is 16.7. The molecule has 0 aliphatic rings. The van der Waals surface area contributed by atoms with Gasteiger partial charge in [-0.2, -0.15) is 0 Å². The van der Waals surface area contributed by atoms with E-state index < -0.39 is 7.59 Å². The number of carbonyl (C=O) groups is 2. The van der Waals surface area contributed by atoms with Gasteiger partial charge in [-0.3, -0.25) is 0 Å². The normalized spacial score (nSPS) is 12.3. The van der Waals surface area contributed by atoms with Crippen LogP contribution in [-0.2, 0) is 18.6 Å². The molecule has 0 saturated heterocycles. The van der Waals surface area contributed by atoms with Gasteiger partial charge >= 0.3 is 121 Å². The summed E-state index contributed by atoms with van der Waals surface area (Å²) in [6.07, 6.45) is 0. The SMILES string of the molecule is B[PH](OC(=O)C(C)C)(OC(=O)C(C)C)c1ccccc1. The molecule has 0 spiro atoms. The number of benzene rings is 1. The van der Waals surface area contributed by atoms with Crippen LogP contribution in [0.1, 0.15) is 27.7 Å². The van der Waals surface area contributed by atoms with Crippen LogP contribution in [0.15, 0.2) is 30.3 Å². The number of rotatable bonds is 5. The van der Waals surface area contributed by atoms with Crippen LogP contribution < -0.4 is 5.30 Å². The Morgan fingerprint density at radius 2 is 1.35 bits per heavy atom. The van der Waals surface area contributed by atoms with Crippen molar-refractivity contribution in [1.82, 2.24) is 0 Å². The Hall–Kier alpha value is -1.35. The van der Waals surface area contributed by atoms with Gasteiger partial charge in [-0.1, -0.05) is 0 Å². The summed E-state index contributed by atoms with van der Waals surface area (Å²) >= 11 is 0. The van der Waals surface area contributed by atoms with Crippen molar-refractivity contribution in [3.05, 3.63) is 30.3 Å². The fraction of sp³-hybridized carbons (Fsp3) is 0.429. The molecular weight excluding hydrogens is 274 g/mol. The van der Waals surface area contributed by atoms with E-state index in [1.807, 2.05) is 30.3 Å². The Balaban J connectivity index is 3.06. The van der Waals surface area contributed by atoms with Gasteiger partial charge in [0.25, 0.3) is 0 Å². The van der Waals surface area contributed by atoms with Crippen molar-refractivity contribution in [2.45, 2.75) is 27.7 Å². The third-order valence-corrected chi connectivity index (χ3v) is 5.40. The predicted octanol–water partition coefficient (Wildman–Crippen LogP) is 1.84. The van der Waals surface area contributed by atoms with Gasteiger partial charge in [0.15, 0.2) is 0 Å². The van der Waals surface area contributed by atoms with Crippen LogP contribution in [0.25, 0.3) is 0 Å². The van der Waals surface area contributed by atoms with E-state index in [2.05, 4.69) is 0 Å². The van der Waals surface area contributed by atoms with E-state index in [0.29, 0.717) is 0 Å². The van der Waals surface area contributed by atoms with E-state index in [0.717, 1.165) is 5.30 Å². The average molecular weight is 296 g/mol. The second-order valence-corrected chi connectivity index (χ2v) is 8.34. The molecule has 0 heterocycles. The van der Waals surface area contributed by atoms with Crippen molar-refractivity contribution >= 4 is 32.4 Å². The van der Waals surface area contributed by atoms with Gasteiger partial charge in [0.2, 0.25) is 0 Å². The van der Waals surface area contributed by atoms with Gasteiger partial charge in [0.05, 0.1) is 0 Å². The fourth-order valence-corrected chi connectivity index (χ4v) is 3.81. The van der Waals surface area contributed by atoms with Gasteiger partial charge < -0.3 is 0 Å². The van der Waals surface area contributed by atoms with Gasteiger partial charge in [0.1, 0.15) is 0 Å². The van der Waals surface area contributed by atoms with Crippen LogP contribution in [0, 0.1) is 11.8 Å². The van der Waals surface area contributed by atoms with E-state index >= 15 is 0 Å². The fourth-order valence-electron chi connectivity index (χ4n) is 1.50. The molecule has 4 nitrogen and oxygen atoms in total. The molecule has 1 aromatic rings. The van der Waals surface area contributed by atoms with E-state index in [1.54, 1.807) is 35.3 Å². The van der Waals surface area contributed by atoms with Crippen LogP contribution in [0.4, 0.5) is 0 Å². The topological polar surface area (TPSA) is 52.6 Å². The minimum atomic E-state index is -3.08. The Bertz CT molecular complexity index is 451. The average Bonchev–Trinajstić information content (AvgIpc) is 2.39. The van der Waals surface area contributed by atoms with Crippen LogP contribution in [-0.4, -0.2) is 19.5 Å². The van der Waals surface area contributed by atoms with Gasteiger partial charge in [-0.25, -0.2) is 0 Å². The summed E-state index contributed by atoms with van der Waals surface area (Å²) in [4.78, 5) is 23.8. The summed E-state index contributed by atoms with van der Waals surface area (Å²) in [5, 5.41) is 0.767. The summed E-state index contributed by atoms with van der Waals surface area (Å²) in [5.41, 5.74) is 0. The third kappa shape index (κ3) is 4.34. The Labute approximate surface area is 121 Å². The summed E-state index contributed by atoms with van der Waals surface area (Å²) in [6, 6.07) is 9.20. The molecule has 6 heteroatoms. The Kier molecular flexibility index (Phi) is 5.76. The monoisotopic (exact) mass is 296 g/mol. The second kappa shape index (κ2) is 6.89. The number of hydrogen-bond donors (Lipinski definition) is 0. The van der Waals surface area contributed by atoms with Crippen molar-refractivity contribution in [2.75, 3.05) is 0 Å². The third-order valence-electron chi connectivity index (χ3n) is 2.83. The van der Waals surface area contributed by atoms with Crippen molar-refractivity contribution in [3.63, 3.8) is 0 Å². The maximum atomic E-state index is 11.9. The molecular formula is C14H22BO4P. The first-order chi connectivity index (χ1) is 9.26. The molecule has 0 atom stereocenters. The standard InChI is InChI=1S/C14H22BO4P/c1-10(2)13(16)18-20(15,19-14(17)11(3)4)12-8-6-5-7-9-12/h5-11,20H,15H2,1-4H3. The van der Waals surface area contributed by atoms with Gasteiger partial charge in [0, 0.05) is 0 Å². The molecule has 20 heavy (non-hydrogen) atoms. The summed E-state index contributed by atoms with van der Waals surface area (Å²) in [7, 11) is -1.35. The van der Waals surface area contributed by atoms with E-state index in [-0.39, 0.29) is 23.8 Å². The van der Waals surface area contributed by atoms with E-state index in [4.69, 9.17) is 9.05 Å². The van der Waals surface area contributed by atoms with E-state index in [1.165, 1.54) is 0 Å². The zero-order valence-electron chi connectivity index (χ0n) is 12.7. The van der Waals surface area contributed by atoms with Gasteiger partial charge in [-0.05, 0) is 0 Å². The molecule has 0 aliphatic carbocycles. The molecule has 0 aromatic heterocycles. The van der Waals surface area contributed by atoms with Crippen LogP contribution >= 0.6 is 7.59 Å². The molecule has 0 aliphatic heterocycles. The van der Waals surface area contributed by atoms with Crippen molar-refractivity contribution in [2.24, 2.45) is 11.8 Å². The summed E-state index contributed by atoms with van der Waals surface area (Å²) in [6.45, 7) is 7.03. The number of carbonyl (C=O) groups excluding carboxylic acids is 2. The molecule has 110 valence electrons. The van der Waals surface area contributed by atoms with Crippen LogP contribution in [0.3, 0.4) is 0 Å². The molecule has 1 rings (SSSR count). The van der Waals surface area contributed by atoms with E-state index in [9.17, 15) is 9.59 Å². The zero-order chi connectivity index (χ0) is 15.3. The molecule has 0 amide bonds. The summed E-state index contributed by atoms with van der Waals surface area (Å²) < 4.78 is 11.1. The van der Waals surface area contributed by atoms with Gasteiger partial charge in [-0.15, -0.1) is 0 Å². The zero-order valence-corrected chi connectivity index (χ0v) is 13.7. The van der Waals surface area contributed by atoms with Crippen LogP contribution in [0.5, 0.6) is 0 Å². The molecule has 0 unspecified atom stereocenters. The Morgan fingerprint density at radius 1 is 0.950 bits per heavy atom. The molecule has 0 fully saturated rings. The second-order valence-electron chi connectivity index (χ2n) is 5.46. The quantitative estimate of drug-likeness (QED) is 0.614. The maximum absolute atomic E-state index is 11.9. The molecule has 0 bridgehead atoms. The first-order valence-corrected chi connectivity index (χ1v) is 9.09. The van der Waals surface area contributed by atoms with Crippen molar-refractivity contribution < 1.29 is 18.6 Å². The van der Waals surface area contributed by atoms with Crippen LogP contribution in [0.2, 0.25) is 0 Å².